The average Bonchev–Trinajstić information content (AvgIpc) is 2.34. The maximum atomic E-state index is 10.4. The van der Waals surface area contributed by atoms with Crippen LogP contribution in [0.1, 0.15) is 24.3 Å². The molecule has 0 unspecified atom stereocenters. The monoisotopic (exact) mass is 170 g/mol. The lowest BCUT2D eigenvalue weighted by molar-refractivity contribution is 0.0690. The van der Waals surface area contributed by atoms with Gasteiger partial charge in [0.25, 0.3) is 6.01 Å². The number of nitrogens with zero attached hydrogens (tertiary/aromatic N) is 1. The predicted octanol–water partition coefficient (Wildman–Crippen LogP) is 0.895. The molecule has 1 rings (SSSR count). The van der Waals surface area contributed by atoms with E-state index in [9.17, 15) is 4.79 Å². The summed E-state index contributed by atoms with van der Waals surface area (Å²) in [6.45, 7) is 3.67. The third-order valence-corrected chi connectivity index (χ3v) is 1.13. The Kier molecular flexibility index (Phi) is 2.32. The Hall–Kier alpha value is -1.52. The molecule has 0 aliphatic heterocycles. The summed E-state index contributed by atoms with van der Waals surface area (Å²) in [5, 5.41) is 8.51. The first kappa shape index (κ1) is 8.58. The van der Waals surface area contributed by atoms with Crippen molar-refractivity contribution < 1.29 is 14.6 Å². The van der Waals surface area contributed by atoms with E-state index < -0.39 is 5.97 Å². The highest BCUT2D eigenvalue weighted by atomic mass is 16.5. The molecule has 0 aliphatic carbocycles. The van der Waals surface area contributed by atoms with Gasteiger partial charge in [-0.15, -0.1) is 0 Å². The fraction of sp³-hybridized carbons (Fsp3) is 0.429. The summed E-state index contributed by atoms with van der Waals surface area (Å²) in [5.74, 6) is -1.04. The van der Waals surface area contributed by atoms with Crippen molar-refractivity contribution in [1.29, 1.82) is 0 Å². The largest absolute Gasteiger partial charge is 0.477 e. The lowest BCUT2D eigenvalue weighted by Crippen LogP contribution is -2.06. The quantitative estimate of drug-likeness (QED) is 0.706. The molecule has 0 aromatic carbocycles. The minimum Gasteiger partial charge on any atom is -0.477 e. The van der Waals surface area contributed by atoms with E-state index in [1.165, 1.54) is 6.20 Å². The zero-order valence-corrected chi connectivity index (χ0v) is 6.87. The third-order valence-electron chi connectivity index (χ3n) is 1.13. The second-order valence-electron chi connectivity index (χ2n) is 2.57. The van der Waals surface area contributed by atoms with Gasteiger partial charge in [-0.1, -0.05) is 0 Å². The SMILES string of the molecule is CC(C)Oc1ncc(C(=O)O)[nH]1. The number of aromatic nitrogens is 2. The predicted molar refractivity (Wildman–Crippen MR) is 41.3 cm³/mol. The van der Waals surface area contributed by atoms with Gasteiger partial charge in [-0.3, -0.25) is 0 Å². The van der Waals surface area contributed by atoms with E-state index in [0.717, 1.165) is 0 Å². The number of nitrogens with one attached hydrogen (secondary N) is 1. The van der Waals surface area contributed by atoms with Crippen molar-refractivity contribution in [3.8, 4) is 6.01 Å². The number of rotatable bonds is 3. The number of imidazole rings is 1. The van der Waals surface area contributed by atoms with Crippen LogP contribution in [-0.4, -0.2) is 27.1 Å². The molecule has 0 fully saturated rings. The Morgan fingerprint density at radius 1 is 1.75 bits per heavy atom. The normalized spacial score (nSPS) is 10.2. The Labute approximate surface area is 69.4 Å². The topological polar surface area (TPSA) is 75.2 Å². The molecule has 0 spiro atoms. The Morgan fingerprint density at radius 2 is 2.42 bits per heavy atom. The Bertz CT molecular complexity index is 280. The first-order valence-corrected chi connectivity index (χ1v) is 3.54. The second kappa shape index (κ2) is 3.25. The van der Waals surface area contributed by atoms with Gasteiger partial charge in [-0.25, -0.2) is 9.78 Å². The molecule has 1 aromatic heterocycles. The Balaban J connectivity index is 2.71. The van der Waals surface area contributed by atoms with Crippen LogP contribution >= 0.6 is 0 Å². The van der Waals surface area contributed by atoms with Crippen molar-refractivity contribution in [2.24, 2.45) is 0 Å². The van der Waals surface area contributed by atoms with Gasteiger partial charge in [-0.2, -0.15) is 0 Å². The summed E-state index contributed by atoms with van der Waals surface area (Å²) >= 11 is 0. The van der Waals surface area contributed by atoms with Gasteiger partial charge in [0, 0.05) is 0 Å². The number of aromatic carboxylic acids is 1. The molecule has 0 atom stereocenters. The molecule has 0 bridgehead atoms. The maximum Gasteiger partial charge on any atom is 0.354 e. The third kappa shape index (κ3) is 1.98. The van der Waals surface area contributed by atoms with E-state index in [4.69, 9.17) is 9.84 Å². The first-order chi connectivity index (χ1) is 5.59. The van der Waals surface area contributed by atoms with E-state index in [-0.39, 0.29) is 17.8 Å². The van der Waals surface area contributed by atoms with Gasteiger partial charge in [0.15, 0.2) is 0 Å². The van der Waals surface area contributed by atoms with E-state index in [2.05, 4.69) is 9.97 Å². The minimum atomic E-state index is -1.04. The van der Waals surface area contributed by atoms with Gasteiger partial charge in [0.2, 0.25) is 0 Å². The van der Waals surface area contributed by atoms with E-state index in [1.807, 2.05) is 13.8 Å². The number of H-pyrrole nitrogens is 1. The molecule has 1 heterocycles. The van der Waals surface area contributed by atoms with Crippen molar-refractivity contribution in [2.75, 3.05) is 0 Å². The molecule has 1 aromatic rings. The van der Waals surface area contributed by atoms with Crippen molar-refractivity contribution in [3.05, 3.63) is 11.9 Å². The number of aromatic amines is 1. The van der Waals surface area contributed by atoms with E-state index in [1.54, 1.807) is 0 Å². The summed E-state index contributed by atoms with van der Waals surface area (Å²) in [4.78, 5) is 16.6. The standard InChI is InChI=1S/C7H10N2O3/c1-4(2)12-7-8-3-5(9-7)6(10)11/h3-4H,1-2H3,(H,8,9)(H,10,11). The van der Waals surface area contributed by atoms with Crippen LogP contribution in [0.25, 0.3) is 0 Å². The number of carboxylic acids is 1. The number of hydrogen-bond donors (Lipinski definition) is 2. The molecule has 0 saturated carbocycles. The van der Waals surface area contributed by atoms with Gasteiger partial charge in [0.1, 0.15) is 5.69 Å². The molecule has 5 nitrogen and oxygen atoms in total. The van der Waals surface area contributed by atoms with Crippen LogP contribution in [0.5, 0.6) is 6.01 Å². The van der Waals surface area contributed by atoms with E-state index >= 15 is 0 Å². The van der Waals surface area contributed by atoms with Crippen LogP contribution in [0, 0.1) is 0 Å². The van der Waals surface area contributed by atoms with E-state index in [0.29, 0.717) is 0 Å². The summed E-state index contributed by atoms with van der Waals surface area (Å²) < 4.78 is 5.12. The number of carbonyl (C=O) groups is 1. The number of ether oxygens (including phenoxy) is 1. The molecule has 2 N–H and O–H groups in total. The lowest BCUT2D eigenvalue weighted by atomic mass is 10.5. The fourth-order valence-electron chi connectivity index (χ4n) is 0.695. The van der Waals surface area contributed by atoms with Crippen molar-refractivity contribution in [2.45, 2.75) is 20.0 Å². The van der Waals surface area contributed by atoms with Crippen LogP contribution < -0.4 is 4.74 Å². The van der Waals surface area contributed by atoms with Crippen molar-refractivity contribution >= 4 is 5.97 Å². The summed E-state index contributed by atoms with van der Waals surface area (Å²) in [6, 6.07) is 0.238. The molecule has 0 saturated heterocycles. The van der Waals surface area contributed by atoms with Crippen molar-refractivity contribution in [3.63, 3.8) is 0 Å². The molecular weight excluding hydrogens is 160 g/mol. The summed E-state index contributed by atoms with van der Waals surface area (Å²) in [5.41, 5.74) is 0.0330. The zero-order valence-electron chi connectivity index (χ0n) is 6.87. The maximum absolute atomic E-state index is 10.4. The van der Waals surface area contributed by atoms with Gasteiger partial charge in [0.05, 0.1) is 12.3 Å². The van der Waals surface area contributed by atoms with Gasteiger partial charge in [-0.05, 0) is 13.8 Å². The average molecular weight is 170 g/mol. The fourth-order valence-corrected chi connectivity index (χ4v) is 0.695. The lowest BCUT2D eigenvalue weighted by Gasteiger charge is -2.03. The number of carboxylic acid groups (broad SMARTS) is 1. The van der Waals surface area contributed by atoms with Crippen LogP contribution in [0.4, 0.5) is 0 Å². The van der Waals surface area contributed by atoms with Gasteiger partial charge < -0.3 is 14.8 Å². The zero-order chi connectivity index (χ0) is 9.14. The highest BCUT2D eigenvalue weighted by molar-refractivity contribution is 5.85. The highest BCUT2D eigenvalue weighted by Gasteiger charge is 2.08. The van der Waals surface area contributed by atoms with Crippen LogP contribution in [0.15, 0.2) is 6.20 Å². The molecule has 5 heteroatoms. The van der Waals surface area contributed by atoms with Crippen molar-refractivity contribution in [1.82, 2.24) is 9.97 Å². The first-order valence-electron chi connectivity index (χ1n) is 3.54. The molecule has 66 valence electrons. The highest BCUT2D eigenvalue weighted by Crippen LogP contribution is 2.06. The number of hydrogen-bond acceptors (Lipinski definition) is 3. The molecule has 0 amide bonds. The van der Waals surface area contributed by atoms with Crippen LogP contribution in [0.3, 0.4) is 0 Å². The molecule has 12 heavy (non-hydrogen) atoms. The second-order valence-corrected chi connectivity index (χ2v) is 2.57. The summed E-state index contributed by atoms with van der Waals surface area (Å²) in [6.07, 6.45) is 1.21. The molecular formula is C7H10N2O3. The van der Waals surface area contributed by atoms with Crippen LogP contribution in [-0.2, 0) is 0 Å². The Morgan fingerprint density at radius 3 is 2.83 bits per heavy atom. The minimum absolute atomic E-state index is 0.0159. The van der Waals surface area contributed by atoms with Gasteiger partial charge >= 0.3 is 5.97 Å². The smallest absolute Gasteiger partial charge is 0.354 e. The summed E-state index contributed by atoms with van der Waals surface area (Å²) in [7, 11) is 0. The molecule has 0 radical (unpaired) electrons. The van der Waals surface area contributed by atoms with Crippen LogP contribution in [0.2, 0.25) is 0 Å². The molecule has 0 aliphatic rings.